The number of halogens is 1. The van der Waals surface area contributed by atoms with Crippen LogP contribution in [0, 0.1) is 15.9 Å². The van der Waals surface area contributed by atoms with Crippen LogP contribution in [0.4, 0.5) is 15.8 Å². The Balaban J connectivity index is 2.34. The second-order valence-corrected chi connectivity index (χ2v) is 5.77. The van der Waals surface area contributed by atoms with E-state index in [9.17, 15) is 19.3 Å². The van der Waals surface area contributed by atoms with E-state index in [1.807, 2.05) is 7.05 Å². The Hall–Kier alpha value is -2.48. The molecule has 1 aliphatic heterocycles. The first-order chi connectivity index (χ1) is 10.9. The van der Waals surface area contributed by atoms with E-state index in [1.165, 1.54) is 29.8 Å². The summed E-state index contributed by atoms with van der Waals surface area (Å²) in [4.78, 5) is 27.2. The summed E-state index contributed by atoms with van der Waals surface area (Å²) in [6.45, 7) is 2.55. The highest BCUT2D eigenvalue weighted by molar-refractivity contribution is 5.96. The van der Waals surface area contributed by atoms with Gasteiger partial charge in [-0.25, -0.2) is 4.39 Å². The minimum Gasteiger partial charge on any atom is -0.363 e. The number of likely N-dealkylation sites (N-methyl/N-ethyl adjacent to an activating group) is 1. The first-order valence-electron chi connectivity index (χ1n) is 7.30. The number of aromatic nitrogens is 1. The quantitative estimate of drug-likeness (QED) is 0.617. The van der Waals surface area contributed by atoms with Gasteiger partial charge in [-0.3, -0.25) is 14.9 Å². The molecule has 0 atom stereocenters. The van der Waals surface area contributed by atoms with Crippen molar-refractivity contribution in [3.05, 3.63) is 44.5 Å². The molecule has 3 rings (SSSR count). The third-order valence-electron chi connectivity index (χ3n) is 4.31. The van der Waals surface area contributed by atoms with E-state index in [0.717, 1.165) is 13.1 Å². The Morgan fingerprint density at radius 2 is 1.83 bits per heavy atom. The van der Waals surface area contributed by atoms with Gasteiger partial charge < -0.3 is 14.4 Å². The number of rotatable bonds is 2. The SMILES string of the molecule is CN1CCN(c2c([N+](=O)[O-])c(=O)n(C)c3ccc(F)cc23)CC1. The van der Waals surface area contributed by atoms with Gasteiger partial charge in [-0.15, -0.1) is 0 Å². The maximum atomic E-state index is 13.7. The highest BCUT2D eigenvalue weighted by Crippen LogP contribution is 2.34. The number of benzene rings is 1. The number of fused-ring (bicyclic) bond motifs is 1. The molecule has 0 spiro atoms. The van der Waals surface area contributed by atoms with Gasteiger partial charge in [0.15, 0.2) is 0 Å². The molecule has 0 radical (unpaired) electrons. The first kappa shape index (κ1) is 15.4. The maximum Gasteiger partial charge on any atom is 0.357 e. The highest BCUT2D eigenvalue weighted by atomic mass is 19.1. The fourth-order valence-corrected chi connectivity index (χ4v) is 3.00. The molecule has 8 heteroatoms. The van der Waals surface area contributed by atoms with Crippen LogP contribution in [-0.2, 0) is 7.05 Å². The zero-order valence-electron chi connectivity index (χ0n) is 13.0. The monoisotopic (exact) mass is 320 g/mol. The van der Waals surface area contributed by atoms with Gasteiger partial charge in [0.05, 0.1) is 10.4 Å². The molecule has 122 valence electrons. The number of pyridine rings is 1. The second-order valence-electron chi connectivity index (χ2n) is 5.77. The summed E-state index contributed by atoms with van der Waals surface area (Å²) in [6, 6.07) is 3.99. The average Bonchev–Trinajstić information content (AvgIpc) is 2.51. The predicted molar refractivity (Wildman–Crippen MR) is 85.5 cm³/mol. The van der Waals surface area contributed by atoms with Crippen molar-refractivity contribution in [1.82, 2.24) is 9.47 Å². The number of hydrogen-bond donors (Lipinski definition) is 0. The lowest BCUT2D eigenvalue weighted by atomic mass is 10.1. The van der Waals surface area contributed by atoms with Crippen molar-refractivity contribution in [1.29, 1.82) is 0 Å². The summed E-state index contributed by atoms with van der Waals surface area (Å²) in [5.41, 5.74) is -0.463. The summed E-state index contributed by atoms with van der Waals surface area (Å²) >= 11 is 0. The Morgan fingerprint density at radius 3 is 2.43 bits per heavy atom. The molecule has 0 N–H and O–H groups in total. The van der Waals surface area contributed by atoms with Crippen LogP contribution in [0.15, 0.2) is 23.0 Å². The van der Waals surface area contributed by atoms with Crippen molar-refractivity contribution in [2.45, 2.75) is 0 Å². The second kappa shape index (κ2) is 5.62. The summed E-state index contributed by atoms with van der Waals surface area (Å²) in [5.74, 6) is -0.485. The molecule has 1 aromatic heterocycles. The summed E-state index contributed by atoms with van der Waals surface area (Å²) in [5, 5.41) is 11.9. The van der Waals surface area contributed by atoms with E-state index in [1.54, 1.807) is 4.90 Å². The highest BCUT2D eigenvalue weighted by Gasteiger charge is 2.30. The van der Waals surface area contributed by atoms with Crippen LogP contribution in [0.25, 0.3) is 10.9 Å². The molecule has 0 amide bonds. The van der Waals surface area contributed by atoms with Gasteiger partial charge in [0.25, 0.3) is 0 Å². The van der Waals surface area contributed by atoms with Crippen molar-refractivity contribution in [3.63, 3.8) is 0 Å². The third-order valence-corrected chi connectivity index (χ3v) is 4.31. The van der Waals surface area contributed by atoms with Crippen LogP contribution >= 0.6 is 0 Å². The standard InChI is InChI=1S/C15H17FN4O3/c1-17-5-7-19(8-6-17)13-11-9-10(16)3-4-12(11)18(2)15(21)14(13)20(22)23/h3-4,9H,5-8H2,1-2H3. The van der Waals surface area contributed by atoms with Gasteiger partial charge >= 0.3 is 11.2 Å². The van der Waals surface area contributed by atoms with E-state index < -0.39 is 22.0 Å². The predicted octanol–water partition coefficient (Wildman–Crippen LogP) is 1.34. The van der Waals surface area contributed by atoms with Crippen molar-refractivity contribution in [2.75, 3.05) is 38.1 Å². The molecule has 2 aromatic rings. The largest absolute Gasteiger partial charge is 0.363 e. The van der Waals surface area contributed by atoms with E-state index >= 15 is 0 Å². The minimum absolute atomic E-state index is 0.223. The van der Waals surface area contributed by atoms with Crippen molar-refractivity contribution < 1.29 is 9.31 Å². The van der Waals surface area contributed by atoms with Gasteiger partial charge in [-0.1, -0.05) is 0 Å². The molecule has 1 aliphatic rings. The van der Waals surface area contributed by atoms with Crippen LogP contribution in [0.2, 0.25) is 0 Å². The minimum atomic E-state index is -0.678. The molecule has 23 heavy (non-hydrogen) atoms. The molecular weight excluding hydrogens is 303 g/mol. The molecule has 1 fully saturated rings. The number of piperazine rings is 1. The molecule has 1 aromatic carbocycles. The molecule has 0 saturated carbocycles. The van der Waals surface area contributed by atoms with Gasteiger partial charge in [-0.05, 0) is 25.2 Å². The zero-order valence-corrected chi connectivity index (χ0v) is 13.0. The van der Waals surface area contributed by atoms with Crippen LogP contribution in [0.5, 0.6) is 0 Å². The number of aryl methyl sites for hydroxylation is 1. The number of anilines is 1. The Labute approximate surface area is 131 Å². The van der Waals surface area contributed by atoms with E-state index in [4.69, 9.17) is 0 Å². The Kier molecular flexibility index (Phi) is 3.77. The summed E-state index contributed by atoms with van der Waals surface area (Å²) in [6.07, 6.45) is 0. The molecule has 0 unspecified atom stereocenters. The van der Waals surface area contributed by atoms with Gasteiger partial charge in [0.2, 0.25) is 0 Å². The normalized spacial score (nSPS) is 16.0. The van der Waals surface area contributed by atoms with Crippen molar-refractivity contribution in [3.8, 4) is 0 Å². The Morgan fingerprint density at radius 1 is 1.17 bits per heavy atom. The first-order valence-corrected chi connectivity index (χ1v) is 7.30. The van der Waals surface area contributed by atoms with Gasteiger partial charge in [0.1, 0.15) is 11.5 Å². The maximum absolute atomic E-state index is 13.7. The van der Waals surface area contributed by atoms with Gasteiger partial charge in [-0.2, -0.15) is 0 Å². The van der Waals surface area contributed by atoms with Crippen molar-refractivity contribution in [2.24, 2.45) is 7.05 Å². The smallest absolute Gasteiger partial charge is 0.357 e. The Bertz CT molecular complexity index is 841. The van der Waals surface area contributed by atoms with Crippen LogP contribution in [-0.4, -0.2) is 47.6 Å². The molecule has 0 aliphatic carbocycles. The summed E-state index contributed by atoms with van der Waals surface area (Å²) in [7, 11) is 3.43. The van der Waals surface area contributed by atoms with Gasteiger partial charge in [0, 0.05) is 38.6 Å². The molecule has 1 saturated heterocycles. The topological polar surface area (TPSA) is 71.6 Å². The molecule has 0 bridgehead atoms. The third kappa shape index (κ3) is 2.55. The fourth-order valence-electron chi connectivity index (χ4n) is 3.00. The lowest BCUT2D eigenvalue weighted by Gasteiger charge is -2.34. The number of nitrogens with zero attached hydrogens (tertiary/aromatic N) is 4. The number of hydrogen-bond acceptors (Lipinski definition) is 5. The zero-order chi connectivity index (χ0) is 16.7. The van der Waals surface area contributed by atoms with E-state index in [-0.39, 0.29) is 5.69 Å². The van der Waals surface area contributed by atoms with Crippen molar-refractivity contribution >= 4 is 22.3 Å². The number of nitro groups is 1. The molecule has 2 heterocycles. The van der Waals surface area contributed by atoms with Crippen LogP contribution in [0.1, 0.15) is 0 Å². The lowest BCUT2D eigenvalue weighted by molar-refractivity contribution is -0.385. The summed E-state index contributed by atoms with van der Waals surface area (Å²) < 4.78 is 14.9. The lowest BCUT2D eigenvalue weighted by Crippen LogP contribution is -2.45. The average molecular weight is 320 g/mol. The van der Waals surface area contributed by atoms with E-state index in [2.05, 4.69) is 4.90 Å². The van der Waals surface area contributed by atoms with Crippen LogP contribution in [0.3, 0.4) is 0 Å². The van der Waals surface area contributed by atoms with Crippen LogP contribution < -0.4 is 10.5 Å². The van der Waals surface area contributed by atoms with E-state index in [0.29, 0.717) is 24.0 Å². The fraction of sp³-hybridized carbons (Fsp3) is 0.400. The molecule has 7 nitrogen and oxygen atoms in total. The molecular formula is C15H17FN4O3.